The quantitative estimate of drug-likeness (QED) is 0.168. The molecular formula is C35H33BrN2O4. The van der Waals surface area contributed by atoms with Crippen molar-refractivity contribution in [3.05, 3.63) is 142 Å². The van der Waals surface area contributed by atoms with Gasteiger partial charge in [-0.25, -0.2) is 4.99 Å². The summed E-state index contributed by atoms with van der Waals surface area (Å²) in [6, 6.07) is 35.1. The molecule has 2 atom stereocenters. The standard InChI is InChI=1S/C35H33BrN2O4/c36-30-18-14-28(15-19-30)32-35(22-7-13-26-9-3-1-4-10-26,34(40)37-25-27-11-5-2-6-12-27)38-33(42-32)29-16-20-31(21-17-29)41-24-8-23-39/h1-7,9-21,32,39H,8,22-25H2,(H,37,40)/b13-7+/t32-,35-/m1/s1. The summed E-state index contributed by atoms with van der Waals surface area (Å²) in [6.45, 7) is 0.881. The Kier molecular flexibility index (Phi) is 9.85. The first-order valence-corrected chi connectivity index (χ1v) is 14.8. The van der Waals surface area contributed by atoms with Crippen LogP contribution in [0.3, 0.4) is 0 Å². The summed E-state index contributed by atoms with van der Waals surface area (Å²) >= 11 is 3.52. The Morgan fingerprint density at radius 1 is 0.952 bits per heavy atom. The minimum atomic E-state index is -1.25. The zero-order chi connectivity index (χ0) is 29.2. The molecule has 0 bridgehead atoms. The smallest absolute Gasteiger partial charge is 0.252 e. The minimum Gasteiger partial charge on any atom is -0.494 e. The molecule has 0 saturated heterocycles. The van der Waals surface area contributed by atoms with E-state index >= 15 is 0 Å². The molecule has 6 nitrogen and oxygen atoms in total. The minimum absolute atomic E-state index is 0.0767. The van der Waals surface area contributed by atoms with Gasteiger partial charge in [0.15, 0.2) is 11.6 Å². The van der Waals surface area contributed by atoms with E-state index in [1.54, 1.807) is 0 Å². The molecular weight excluding hydrogens is 592 g/mol. The first-order valence-electron chi connectivity index (χ1n) is 14.0. The summed E-state index contributed by atoms with van der Waals surface area (Å²) in [5.41, 5.74) is 2.39. The van der Waals surface area contributed by atoms with Crippen molar-refractivity contribution in [3.63, 3.8) is 0 Å². The van der Waals surface area contributed by atoms with Gasteiger partial charge < -0.3 is 19.9 Å². The van der Waals surface area contributed by atoms with Crippen molar-refractivity contribution in [2.24, 2.45) is 4.99 Å². The van der Waals surface area contributed by atoms with E-state index in [1.165, 1.54) is 0 Å². The summed E-state index contributed by atoms with van der Waals surface area (Å²) in [4.78, 5) is 19.3. The highest BCUT2D eigenvalue weighted by atomic mass is 79.9. The van der Waals surface area contributed by atoms with Gasteiger partial charge in [-0.1, -0.05) is 101 Å². The van der Waals surface area contributed by atoms with Crippen LogP contribution in [0.5, 0.6) is 5.75 Å². The second-order valence-corrected chi connectivity index (χ2v) is 10.9. The zero-order valence-electron chi connectivity index (χ0n) is 23.2. The highest BCUT2D eigenvalue weighted by Crippen LogP contribution is 2.43. The van der Waals surface area contributed by atoms with Crippen LogP contribution in [0, 0.1) is 0 Å². The monoisotopic (exact) mass is 624 g/mol. The maximum atomic E-state index is 14.2. The lowest BCUT2D eigenvalue weighted by molar-refractivity contribution is -0.129. The Bertz CT molecular complexity index is 1510. The average molecular weight is 626 g/mol. The number of rotatable bonds is 12. The normalized spacial score (nSPS) is 18.0. The average Bonchev–Trinajstić information content (AvgIpc) is 3.42. The molecule has 0 unspecified atom stereocenters. The van der Waals surface area contributed by atoms with Crippen LogP contribution in [0.4, 0.5) is 0 Å². The Morgan fingerprint density at radius 3 is 2.33 bits per heavy atom. The molecule has 7 heteroatoms. The van der Waals surface area contributed by atoms with E-state index in [1.807, 2.05) is 121 Å². The lowest BCUT2D eigenvalue weighted by atomic mass is 9.84. The van der Waals surface area contributed by atoms with E-state index in [9.17, 15) is 4.79 Å². The van der Waals surface area contributed by atoms with Gasteiger partial charge in [0, 0.05) is 36.0 Å². The number of aliphatic hydroxyl groups excluding tert-OH is 1. The van der Waals surface area contributed by atoms with Gasteiger partial charge in [0.2, 0.25) is 5.90 Å². The van der Waals surface area contributed by atoms with E-state index in [4.69, 9.17) is 19.6 Å². The van der Waals surface area contributed by atoms with E-state index in [-0.39, 0.29) is 12.5 Å². The molecule has 1 heterocycles. The fourth-order valence-electron chi connectivity index (χ4n) is 4.82. The van der Waals surface area contributed by atoms with Gasteiger partial charge in [-0.2, -0.15) is 0 Å². The molecule has 4 aromatic carbocycles. The maximum Gasteiger partial charge on any atom is 0.252 e. The highest BCUT2D eigenvalue weighted by molar-refractivity contribution is 9.10. The number of ether oxygens (including phenoxy) is 2. The SMILES string of the molecule is O=C(NCc1ccccc1)[C@]1(C/C=C/c2ccccc2)N=C(c2ccc(OCCCO)cc2)O[C@@H]1c1ccc(Br)cc1. The second kappa shape index (κ2) is 14.1. The third kappa shape index (κ3) is 7.16. The predicted molar refractivity (Wildman–Crippen MR) is 169 cm³/mol. The van der Waals surface area contributed by atoms with E-state index in [2.05, 4.69) is 21.2 Å². The first-order chi connectivity index (χ1) is 20.6. The molecule has 0 aliphatic carbocycles. The van der Waals surface area contributed by atoms with Crippen LogP contribution in [-0.4, -0.2) is 35.7 Å². The molecule has 0 spiro atoms. The molecule has 1 aliphatic rings. The largest absolute Gasteiger partial charge is 0.494 e. The molecule has 214 valence electrons. The van der Waals surface area contributed by atoms with Gasteiger partial charge in [0.05, 0.1) is 6.61 Å². The zero-order valence-corrected chi connectivity index (χ0v) is 24.7. The number of benzene rings is 4. The van der Waals surface area contributed by atoms with Gasteiger partial charge in [-0.15, -0.1) is 0 Å². The molecule has 0 fully saturated rings. The Labute approximate surface area is 254 Å². The second-order valence-electron chi connectivity index (χ2n) is 10.0. The van der Waals surface area contributed by atoms with Gasteiger partial charge in [0.25, 0.3) is 5.91 Å². The highest BCUT2D eigenvalue weighted by Gasteiger charge is 2.52. The molecule has 5 rings (SSSR count). The number of amides is 1. The number of carbonyl (C=O) groups excluding carboxylic acids is 1. The summed E-state index contributed by atoms with van der Waals surface area (Å²) in [5.74, 6) is 0.872. The van der Waals surface area contributed by atoms with Crippen molar-refractivity contribution < 1.29 is 19.4 Å². The van der Waals surface area contributed by atoms with Crippen LogP contribution in [0.1, 0.15) is 41.2 Å². The van der Waals surface area contributed by atoms with Crippen molar-refractivity contribution >= 4 is 33.8 Å². The molecule has 1 amide bonds. The number of halogens is 1. The third-order valence-corrected chi connectivity index (χ3v) is 7.57. The number of hydrogen-bond acceptors (Lipinski definition) is 5. The molecule has 0 aromatic heterocycles. The van der Waals surface area contributed by atoms with Crippen LogP contribution >= 0.6 is 15.9 Å². The van der Waals surface area contributed by atoms with Crippen molar-refractivity contribution in [1.29, 1.82) is 0 Å². The van der Waals surface area contributed by atoms with Crippen LogP contribution < -0.4 is 10.1 Å². The van der Waals surface area contributed by atoms with Crippen LogP contribution in [0.2, 0.25) is 0 Å². The molecule has 0 radical (unpaired) electrons. The van der Waals surface area contributed by atoms with E-state index in [0.29, 0.717) is 37.6 Å². The van der Waals surface area contributed by atoms with Crippen LogP contribution in [0.15, 0.2) is 125 Å². The van der Waals surface area contributed by atoms with E-state index in [0.717, 1.165) is 26.7 Å². The van der Waals surface area contributed by atoms with Crippen molar-refractivity contribution in [2.45, 2.75) is 31.0 Å². The Morgan fingerprint density at radius 2 is 1.64 bits per heavy atom. The Balaban J connectivity index is 1.51. The van der Waals surface area contributed by atoms with Crippen LogP contribution in [-0.2, 0) is 16.1 Å². The summed E-state index contributed by atoms with van der Waals surface area (Å²) < 4.78 is 13.2. The molecule has 4 aromatic rings. The summed E-state index contributed by atoms with van der Waals surface area (Å²) in [6.07, 6.45) is 4.24. The summed E-state index contributed by atoms with van der Waals surface area (Å²) in [7, 11) is 0. The number of hydrogen-bond donors (Lipinski definition) is 2. The molecule has 42 heavy (non-hydrogen) atoms. The van der Waals surface area contributed by atoms with Crippen LogP contribution in [0.25, 0.3) is 6.08 Å². The topological polar surface area (TPSA) is 80.2 Å². The summed E-state index contributed by atoms with van der Waals surface area (Å²) in [5, 5.41) is 12.2. The number of aliphatic hydroxyl groups is 1. The fraction of sp³-hybridized carbons (Fsp3) is 0.200. The number of nitrogens with one attached hydrogen (secondary N) is 1. The van der Waals surface area contributed by atoms with E-state index < -0.39 is 11.6 Å². The lowest BCUT2D eigenvalue weighted by Gasteiger charge is -2.30. The van der Waals surface area contributed by atoms with Crippen molar-refractivity contribution in [3.8, 4) is 5.75 Å². The fourth-order valence-corrected chi connectivity index (χ4v) is 5.09. The molecule has 0 saturated carbocycles. The molecule has 1 aliphatic heterocycles. The number of nitrogens with zero attached hydrogens (tertiary/aromatic N) is 1. The molecule has 2 N–H and O–H groups in total. The Hall–Kier alpha value is -4.20. The maximum absolute atomic E-state index is 14.2. The van der Waals surface area contributed by atoms with Gasteiger partial charge >= 0.3 is 0 Å². The van der Waals surface area contributed by atoms with Gasteiger partial charge in [-0.05, 0) is 53.1 Å². The predicted octanol–water partition coefficient (Wildman–Crippen LogP) is 6.89. The lowest BCUT2D eigenvalue weighted by Crippen LogP contribution is -2.47. The van der Waals surface area contributed by atoms with Crippen molar-refractivity contribution in [1.82, 2.24) is 5.32 Å². The van der Waals surface area contributed by atoms with Gasteiger partial charge in [-0.3, -0.25) is 4.79 Å². The van der Waals surface area contributed by atoms with Crippen molar-refractivity contribution in [2.75, 3.05) is 13.2 Å². The van der Waals surface area contributed by atoms with Gasteiger partial charge in [0.1, 0.15) is 5.75 Å². The number of aliphatic imine (C=N–C) groups is 1. The number of carbonyl (C=O) groups is 1. The first kappa shape index (κ1) is 29.3. The third-order valence-electron chi connectivity index (χ3n) is 7.04.